The van der Waals surface area contributed by atoms with E-state index in [2.05, 4.69) is 20.6 Å². The Morgan fingerprint density at radius 1 is 1.29 bits per heavy atom. The van der Waals surface area contributed by atoms with Crippen LogP contribution in [0.15, 0.2) is 30.7 Å². The maximum absolute atomic E-state index is 13.8. The molecule has 0 bridgehead atoms. The lowest BCUT2D eigenvalue weighted by Crippen LogP contribution is -2.04. The van der Waals surface area contributed by atoms with E-state index >= 15 is 0 Å². The van der Waals surface area contributed by atoms with Gasteiger partial charge in [-0.3, -0.25) is 0 Å². The van der Waals surface area contributed by atoms with Crippen molar-refractivity contribution in [1.82, 2.24) is 14.4 Å². The van der Waals surface area contributed by atoms with Crippen molar-refractivity contribution in [3.05, 3.63) is 47.4 Å². The van der Waals surface area contributed by atoms with Gasteiger partial charge in [-0.1, -0.05) is 11.6 Å². The molecule has 0 fully saturated rings. The molecule has 0 aliphatic rings. The number of imidazole rings is 1. The first kappa shape index (κ1) is 13.6. The maximum atomic E-state index is 13.8. The van der Waals surface area contributed by atoms with Gasteiger partial charge in [0, 0.05) is 25.5 Å². The molecule has 3 aromatic rings. The zero-order valence-electron chi connectivity index (χ0n) is 10.9. The molecular formula is C13H10ClF2N5. The highest BCUT2D eigenvalue weighted by Gasteiger charge is 2.14. The molecule has 0 atom stereocenters. The van der Waals surface area contributed by atoms with E-state index < -0.39 is 11.6 Å². The number of halogens is 3. The SMILES string of the molecule is CNc1cn2ccnc2c(Nc2c(F)cc(F)cc2Cl)n1. The van der Waals surface area contributed by atoms with Crippen LogP contribution in [0, 0.1) is 11.6 Å². The van der Waals surface area contributed by atoms with Crippen LogP contribution in [0.2, 0.25) is 5.02 Å². The number of fused-ring (bicyclic) bond motifs is 1. The van der Waals surface area contributed by atoms with Crippen LogP contribution in [0.5, 0.6) is 0 Å². The van der Waals surface area contributed by atoms with Crippen molar-refractivity contribution in [3.8, 4) is 0 Å². The zero-order chi connectivity index (χ0) is 15.0. The van der Waals surface area contributed by atoms with Crippen LogP contribution < -0.4 is 10.6 Å². The van der Waals surface area contributed by atoms with E-state index in [4.69, 9.17) is 11.6 Å². The number of anilines is 3. The van der Waals surface area contributed by atoms with Crippen molar-refractivity contribution in [1.29, 1.82) is 0 Å². The third-order valence-electron chi connectivity index (χ3n) is 2.88. The molecule has 0 amide bonds. The quantitative estimate of drug-likeness (QED) is 0.778. The Kier molecular flexibility index (Phi) is 3.34. The van der Waals surface area contributed by atoms with Gasteiger partial charge in [0.05, 0.1) is 16.9 Å². The highest BCUT2D eigenvalue weighted by atomic mass is 35.5. The fraction of sp³-hybridized carbons (Fsp3) is 0.0769. The fourth-order valence-corrected chi connectivity index (χ4v) is 2.16. The number of aromatic nitrogens is 3. The number of nitrogens with one attached hydrogen (secondary N) is 2. The number of hydrogen-bond acceptors (Lipinski definition) is 4. The van der Waals surface area contributed by atoms with Crippen LogP contribution >= 0.6 is 11.6 Å². The first-order valence-corrected chi connectivity index (χ1v) is 6.39. The molecule has 21 heavy (non-hydrogen) atoms. The second kappa shape index (κ2) is 5.17. The Balaban J connectivity index is 2.11. The van der Waals surface area contributed by atoms with E-state index in [1.165, 1.54) is 0 Å². The molecule has 0 radical (unpaired) electrons. The minimum Gasteiger partial charge on any atom is -0.372 e. The highest BCUT2D eigenvalue weighted by Crippen LogP contribution is 2.30. The lowest BCUT2D eigenvalue weighted by molar-refractivity contribution is 0.586. The molecule has 1 aromatic carbocycles. The van der Waals surface area contributed by atoms with Crippen molar-refractivity contribution in [2.75, 3.05) is 17.7 Å². The van der Waals surface area contributed by atoms with Gasteiger partial charge in [0.2, 0.25) is 0 Å². The van der Waals surface area contributed by atoms with E-state index in [1.54, 1.807) is 30.0 Å². The second-order valence-corrected chi connectivity index (χ2v) is 4.66. The molecule has 0 aliphatic carbocycles. The molecule has 5 nitrogen and oxygen atoms in total. The third-order valence-corrected chi connectivity index (χ3v) is 3.18. The largest absolute Gasteiger partial charge is 0.372 e. The van der Waals surface area contributed by atoms with Gasteiger partial charge >= 0.3 is 0 Å². The summed E-state index contributed by atoms with van der Waals surface area (Å²) in [4.78, 5) is 8.40. The van der Waals surface area contributed by atoms with E-state index in [0.29, 0.717) is 17.3 Å². The van der Waals surface area contributed by atoms with Gasteiger partial charge in [0.25, 0.3) is 0 Å². The molecule has 0 unspecified atom stereocenters. The number of nitrogens with zero attached hydrogens (tertiary/aromatic N) is 3. The Labute approximate surface area is 123 Å². The van der Waals surface area contributed by atoms with Crippen molar-refractivity contribution in [3.63, 3.8) is 0 Å². The maximum Gasteiger partial charge on any atom is 0.180 e. The zero-order valence-corrected chi connectivity index (χ0v) is 11.6. The molecule has 0 saturated carbocycles. The average Bonchev–Trinajstić information content (AvgIpc) is 2.90. The molecule has 0 saturated heterocycles. The summed E-state index contributed by atoms with van der Waals surface area (Å²) in [6.45, 7) is 0. The third kappa shape index (κ3) is 2.47. The number of benzene rings is 1. The second-order valence-electron chi connectivity index (χ2n) is 4.25. The van der Waals surface area contributed by atoms with Gasteiger partial charge < -0.3 is 15.0 Å². The highest BCUT2D eigenvalue weighted by molar-refractivity contribution is 6.33. The fourth-order valence-electron chi connectivity index (χ4n) is 1.92. The molecule has 0 spiro atoms. The van der Waals surface area contributed by atoms with Crippen molar-refractivity contribution in [2.24, 2.45) is 0 Å². The van der Waals surface area contributed by atoms with Crippen molar-refractivity contribution < 1.29 is 8.78 Å². The minimum atomic E-state index is -0.804. The van der Waals surface area contributed by atoms with Gasteiger partial charge in [0.1, 0.15) is 11.6 Å². The van der Waals surface area contributed by atoms with Crippen molar-refractivity contribution in [2.45, 2.75) is 0 Å². The molecule has 108 valence electrons. The predicted molar refractivity (Wildman–Crippen MR) is 77.2 cm³/mol. The molecule has 3 rings (SSSR count). The number of hydrogen-bond donors (Lipinski definition) is 2. The van der Waals surface area contributed by atoms with Crippen LogP contribution in [-0.2, 0) is 0 Å². The summed E-state index contributed by atoms with van der Waals surface area (Å²) in [5.74, 6) is -0.687. The summed E-state index contributed by atoms with van der Waals surface area (Å²) in [5.41, 5.74) is 0.442. The Bertz CT molecular complexity index is 794. The predicted octanol–water partition coefficient (Wildman–Crippen LogP) is 3.45. The van der Waals surface area contributed by atoms with E-state index in [9.17, 15) is 8.78 Å². The van der Waals surface area contributed by atoms with Crippen LogP contribution in [0.25, 0.3) is 5.65 Å². The van der Waals surface area contributed by atoms with Crippen molar-refractivity contribution >= 4 is 34.6 Å². The van der Waals surface area contributed by atoms with Crippen LogP contribution in [0.4, 0.5) is 26.1 Å². The lowest BCUT2D eigenvalue weighted by Gasteiger charge is -2.11. The molecule has 2 N–H and O–H groups in total. The normalized spacial score (nSPS) is 10.9. The lowest BCUT2D eigenvalue weighted by atomic mass is 10.3. The van der Waals surface area contributed by atoms with Crippen LogP contribution in [0.3, 0.4) is 0 Å². The Morgan fingerprint density at radius 3 is 2.81 bits per heavy atom. The van der Waals surface area contributed by atoms with E-state index in [1.807, 2.05) is 0 Å². The van der Waals surface area contributed by atoms with E-state index in [0.717, 1.165) is 12.1 Å². The topological polar surface area (TPSA) is 54.2 Å². The standard InChI is InChI=1S/C13H10ClF2N5/c1-17-10-6-21-3-2-18-13(21)12(19-10)20-11-8(14)4-7(15)5-9(11)16/h2-6,17H,1H3,(H,19,20). The first-order chi connectivity index (χ1) is 10.1. The monoisotopic (exact) mass is 309 g/mol. The molecular weight excluding hydrogens is 300 g/mol. The summed E-state index contributed by atoms with van der Waals surface area (Å²) >= 11 is 5.87. The molecule has 8 heteroatoms. The summed E-state index contributed by atoms with van der Waals surface area (Å²) in [6.07, 6.45) is 5.05. The summed E-state index contributed by atoms with van der Waals surface area (Å²) < 4.78 is 28.6. The van der Waals surface area contributed by atoms with Gasteiger partial charge in [-0.05, 0) is 6.07 Å². The van der Waals surface area contributed by atoms with Crippen LogP contribution in [0.1, 0.15) is 0 Å². The van der Waals surface area contributed by atoms with Gasteiger partial charge in [-0.2, -0.15) is 0 Å². The summed E-state index contributed by atoms with van der Waals surface area (Å²) in [7, 11) is 1.71. The minimum absolute atomic E-state index is 0.0521. The Hall–Kier alpha value is -2.41. The van der Waals surface area contributed by atoms with Gasteiger partial charge in [-0.15, -0.1) is 0 Å². The summed E-state index contributed by atoms with van der Waals surface area (Å²) in [6, 6.07) is 1.77. The summed E-state index contributed by atoms with van der Waals surface area (Å²) in [5, 5.41) is 5.58. The van der Waals surface area contributed by atoms with E-state index in [-0.39, 0.29) is 10.7 Å². The smallest absolute Gasteiger partial charge is 0.180 e. The number of rotatable bonds is 3. The Morgan fingerprint density at radius 2 is 2.10 bits per heavy atom. The average molecular weight is 310 g/mol. The molecule has 2 aromatic heterocycles. The molecule has 2 heterocycles. The van der Waals surface area contributed by atoms with Gasteiger partial charge in [0.15, 0.2) is 17.3 Å². The van der Waals surface area contributed by atoms with Crippen LogP contribution in [-0.4, -0.2) is 21.4 Å². The van der Waals surface area contributed by atoms with Gasteiger partial charge in [-0.25, -0.2) is 18.7 Å². The molecule has 0 aliphatic heterocycles. The first-order valence-electron chi connectivity index (χ1n) is 6.01.